The summed E-state index contributed by atoms with van der Waals surface area (Å²) in [5.41, 5.74) is 1.64. The molecule has 0 aromatic rings. The predicted molar refractivity (Wildman–Crippen MR) is 69.4 cm³/mol. The van der Waals surface area contributed by atoms with Crippen molar-refractivity contribution in [2.24, 2.45) is 5.41 Å². The maximum Gasteiger partial charge on any atom is 0.558 e. The van der Waals surface area contributed by atoms with E-state index < -0.39 is 0 Å². The van der Waals surface area contributed by atoms with Crippen LogP contribution in [0.5, 0.6) is 0 Å². The van der Waals surface area contributed by atoms with E-state index in [2.05, 4.69) is 12.7 Å². The lowest BCUT2D eigenvalue weighted by atomic mass is 9.58. The lowest BCUT2D eigenvalue weighted by molar-refractivity contribution is 0.116. The monoisotopic (exact) mass is 232 g/mol. The summed E-state index contributed by atoms with van der Waals surface area (Å²) in [5, 5.41) is 0. The largest absolute Gasteiger partial charge is 0.558 e. The van der Waals surface area contributed by atoms with Crippen LogP contribution in [-0.2, 0) is 9.31 Å². The van der Waals surface area contributed by atoms with E-state index in [1.165, 1.54) is 37.6 Å². The van der Waals surface area contributed by atoms with Crippen molar-refractivity contribution in [1.82, 2.24) is 0 Å². The van der Waals surface area contributed by atoms with Gasteiger partial charge in [-0.15, -0.1) is 0 Å². The van der Waals surface area contributed by atoms with E-state index in [4.69, 9.17) is 9.31 Å². The van der Waals surface area contributed by atoms with Crippen LogP contribution in [0, 0.1) is 5.41 Å². The Morgan fingerprint density at radius 3 is 2.47 bits per heavy atom. The second-order valence-corrected chi connectivity index (χ2v) is 6.34. The van der Waals surface area contributed by atoms with Gasteiger partial charge in [0.1, 0.15) is 5.60 Å². The Morgan fingerprint density at radius 1 is 1.29 bits per heavy atom. The topological polar surface area (TPSA) is 18.5 Å². The molecule has 1 spiro atoms. The van der Waals surface area contributed by atoms with Crippen molar-refractivity contribution in [2.75, 3.05) is 0 Å². The molecular formula is C14H21BO2. The third-order valence-electron chi connectivity index (χ3n) is 4.78. The first-order chi connectivity index (χ1) is 8.01. The number of allylic oxidation sites excluding steroid dienone is 2. The molecule has 3 heteroatoms. The summed E-state index contributed by atoms with van der Waals surface area (Å²) in [6.07, 6.45) is 10.3. The van der Waals surface area contributed by atoms with Gasteiger partial charge in [-0.1, -0.05) is 19.1 Å². The molecule has 2 aliphatic carbocycles. The van der Waals surface area contributed by atoms with Crippen LogP contribution in [0.3, 0.4) is 0 Å². The third kappa shape index (κ3) is 1.85. The summed E-state index contributed by atoms with van der Waals surface area (Å²) in [7, 11) is -0.171. The summed E-state index contributed by atoms with van der Waals surface area (Å²) in [4.78, 5) is 0. The molecule has 2 fully saturated rings. The Morgan fingerprint density at radius 2 is 2.06 bits per heavy atom. The van der Waals surface area contributed by atoms with Crippen LogP contribution in [0.4, 0.5) is 0 Å². The summed E-state index contributed by atoms with van der Waals surface area (Å²) in [6, 6.07) is 0. The molecule has 1 saturated heterocycles. The van der Waals surface area contributed by atoms with Gasteiger partial charge in [0.05, 0.1) is 5.76 Å². The zero-order chi connectivity index (χ0) is 12.1. The Balaban J connectivity index is 1.69. The zero-order valence-corrected chi connectivity index (χ0v) is 10.9. The summed E-state index contributed by atoms with van der Waals surface area (Å²) >= 11 is 0. The van der Waals surface area contributed by atoms with Gasteiger partial charge in [-0.2, -0.15) is 0 Å². The molecule has 1 saturated carbocycles. The molecule has 0 N–H and O–H groups in total. The molecule has 3 rings (SSSR count). The van der Waals surface area contributed by atoms with Crippen molar-refractivity contribution in [3.8, 4) is 0 Å². The van der Waals surface area contributed by atoms with Gasteiger partial charge in [-0.25, -0.2) is 0 Å². The molecule has 1 aliphatic heterocycles. The highest BCUT2D eigenvalue weighted by Gasteiger charge is 2.46. The highest BCUT2D eigenvalue weighted by molar-refractivity contribution is 6.55. The molecule has 0 bridgehead atoms. The highest BCUT2D eigenvalue weighted by atomic mass is 16.7. The quantitative estimate of drug-likeness (QED) is 0.642. The maximum absolute atomic E-state index is 5.93. The fraction of sp³-hybridized carbons (Fsp3) is 0.714. The van der Waals surface area contributed by atoms with Gasteiger partial charge in [-0.3, -0.25) is 0 Å². The molecule has 3 aliphatic rings. The number of hydrogen-bond acceptors (Lipinski definition) is 2. The van der Waals surface area contributed by atoms with Crippen LogP contribution in [-0.4, -0.2) is 12.7 Å². The van der Waals surface area contributed by atoms with Gasteiger partial charge in [-0.05, 0) is 56.8 Å². The van der Waals surface area contributed by atoms with Crippen LogP contribution in [0.1, 0.15) is 52.4 Å². The van der Waals surface area contributed by atoms with E-state index >= 15 is 0 Å². The van der Waals surface area contributed by atoms with E-state index in [0.29, 0.717) is 5.41 Å². The SMILES string of the molecule is C=C1OB(C2=CCC3(CCC3)CC2)OC1(C)C. The lowest BCUT2D eigenvalue weighted by Gasteiger charge is -2.44. The number of rotatable bonds is 1. The Kier molecular flexibility index (Phi) is 2.45. The average Bonchev–Trinajstić information content (AvgIpc) is 2.52. The fourth-order valence-electron chi connectivity index (χ4n) is 3.09. The van der Waals surface area contributed by atoms with E-state index in [0.717, 1.165) is 12.2 Å². The van der Waals surface area contributed by atoms with Gasteiger partial charge in [0.15, 0.2) is 0 Å². The van der Waals surface area contributed by atoms with Crippen LogP contribution in [0.25, 0.3) is 0 Å². The van der Waals surface area contributed by atoms with Crippen LogP contribution >= 0.6 is 0 Å². The van der Waals surface area contributed by atoms with Crippen molar-refractivity contribution < 1.29 is 9.31 Å². The Bertz CT molecular complexity index is 380. The number of hydrogen-bond donors (Lipinski definition) is 0. The fourth-order valence-corrected chi connectivity index (χ4v) is 3.09. The van der Waals surface area contributed by atoms with E-state index in [1.807, 2.05) is 13.8 Å². The lowest BCUT2D eigenvalue weighted by Crippen LogP contribution is -2.34. The van der Waals surface area contributed by atoms with Crippen molar-refractivity contribution >= 4 is 7.12 Å². The van der Waals surface area contributed by atoms with Crippen LogP contribution < -0.4 is 0 Å². The van der Waals surface area contributed by atoms with Gasteiger partial charge >= 0.3 is 7.12 Å². The Hall–Kier alpha value is -0.695. The minimum atomic E-state index is -0.336. The zero-order valence-electron chi connectivity index (χ0n) is 10.9. The summed E-state index contributed by atoms with van der Waals surface area (Å²) in [6.45, 7) is 7.97. The van der Waals surface area contributed by atoms with Crippen molar-refractivity contribution in [3.63, 3.8) is 0 Å². The molecular weight excluding hydrogens is 211 g/mol. The molecule has 0 amide bonds. The van der Waals surface area contributed by atoms with Crippen LogP contribution in [0.2, 0.25) is 0 Å². The first-order valence-electron chi connectivity index (χ1n) is 6.74. The third-order valence-corrected chi connectivity index (χ3v) is 4.78. The molecule has 92 valence electrons. The molecule has 1 heterocycles. The summed E-state index contributed by atoms with van der Waals surface area (Å²) < 4.78 is 11.7. The minimum absolute atomic E-state index is 0.171. The van der Waals surface area contributed by atoms with Crippen molar-refractivity contribution in [2.45, 2.75) is 58.0 Å². The Labute approximate surface area is 104 Å². The van der Waals surface area contributed by atoms with Gasteiger partial charge in [0.25, 0.3) is 0 Å². The second kappa shape index (κ2) is 3.65. The molecule has 17 heavy (non-hydrogen) atoms. The first-order valence-corrected chi connectivity index (χ1v) is 6.74. The van der Waals surface area contributed by atoms with Gasteiger partial charge < -0.3 is 9.31 Å². The smallest absolute Gasteiger partial charge is 0.534 e. The summed E-state index contributed by atoms with van der Waals surface area (Å²) in [5.74, 6) is 0.757. The molecule has 0 atom stereocenters. The molecule has 0 aromatic carbocycles. The molecule has 2 nitrogen and oxygen atoms in total. The van der Waals surface area contributed by atoms with Crippen molar-refractivity contribution in [1.29, 1.82) is 0 Å². The highest BCUT2D eigenvalue weighted by Crippen LogP contribution is 2.51. The average molecular weight is 232 g/mol. The van der Waals surface area contributed by atoms with E-state index in [-0.39, 0.29) is 12.7 Å². The van der Waals surface area contributed by atoms with E-state index in [9.17, 15) is 0 Å². The normalized spacial score (nSPS) is 29.9. The molecule has 0 unspecified atom stereocenters. The standard InChI is InChI=1S/C14H21BO2/c1-11-13(2,3)17-15(16-11)12-5-9-14(10-6-12)7-4-8-14/h5H,1,4,6-10H2,2-3H3. The van der Waals surface area contributed by atoms with Crippen LogP contribution in [0.15, 0.2) is 23.9 Å². The van der Waals surface area contributed by atoms with Crippen molar-refractivity contribution in [3.05, 3.63) is 23.9 Å². The molecule has 0 radical (unpaired) electrons. The van der Waals surface area contributed by atoms with Gasteiger partial charge in [0.2, 0.25) is 0 Å². The van der Waals surface area contributed by atoms with Gasteiger partial charge in [0, 0.05) is 0 Å². The molecule has 0 aromatic heterocycles. The predicted octanol–water partition coefficient (Wildman–Crippen LogP) is 3.63. The minimum Gasteiger partial charge on any atom is -0.534 e. The van der Waals surface area contributed by atoms with E-state index in [1.54, 1.807) is 0 Å². The maximum atomic E-state index is 5.93. The second-order valence-electron chi connectivity index (χ2n) is 6.34. The first kappa shape index (κ1) is 11.4.